The van der Waals surface area contributed by atoms with Crippen LogP contribution in [0.4, 0.5) is 13.2 Å². The molecule has 1 atom stereocenters. The van der Waals surface area contributed by atoms with Crippen LogP contribution in [0.1, 0.15) is 37.3 Å². The van der Waals surface area contributed by atoms with Gasteiger partial charge in [0, 0.05) is 0 Å². The largest absolute Gasteiger partial charge is 0.416 e. The summed E-state index contributed by atoms with van der Waals surface area (Å²) >= 11 is 0. The van der Waals surface area contributed by atoms with Gasteiger partial charge in [-0.2, -0.15) is 13.2 Å². The molecule has 0 amide bonds. The van der Waals surface area contributed by atoms with E-state index in [1.54, 1.807) is 12.1 Å². The highest BCUT2D eigenvalue weighted by atomic mass is 19.4. The zero-order chi connectivity index (χ0) is 10.8. The van der Waals surface area contributed by atoms with E-state index in [4.69, 9.17) is 0 Å². The minimum Gasteiger partial charge on any atom is -0.166 e. The second-order valence-electron chi connectivity index (χ2n) is 3.39. The third-order valence-corrected chi connectivity index (χ3v) is 2.41. The van der Waals surface area contributed by atoms with Gasteiger partial charge in [-0.25, -0.2) is 0 Å². The normalized spacial score (nSPS) is 14.1. The molecule has 0 saturated heterocycles. The summed E-state index contributed by atoms with van der Waals surface area (Å²) < 4.78 is 37.6. The van der Waals surface area contributed by atoms with E-state index in [0.717, 1.165) is 6.07 Å². The number of rotatable bonds is 2. The Labute approximate surface area is 81.8 Å². The van der Waals surface area contributed by atoms with Gasteiger partial charge in [-0.1, -0.05) is 32.0 Å². The number of hydrogen-bond acceptors (Lipinski definition) is 0. The smallest absolute Gasteiger partial charge is 0.166 e. The van der Waals surface area contributed by atoms with Crippen molar-refractivity contribution in [2.24, 2.45) is 0 Å². The molecule has 3 heteroatoms. The Morgan fingerprint density at radius 2 is 1.79 bits per heavy atom. The van der Waals surface area contributed by atoms with Crippen LogP contribution in [0.25, 0.3) is 0 Å². The molecule has 0 aliphatic heterocycles. The molecule has 78 valence electrons. The minimum atomic E-state index is -4.24. The van der Waals surface area contributed by atoms with Crippen molar-refractivity contribution in [3.8, 4) is 0 Å². The van der Waals surface area contributed by atoms with Gasteiger partial charge in [0.2, 0.25) is 0 Å². The number of benzene rings is 1. The first kappa shape index (κ1) is 11.1. The Hall–Kier alpha value is -0.990. The number of halogens is 3. The van der Waals surface area contributed by atoms with E-state index in [1.807, 2.05) is 13.8 Å². The molecular formula is C11H13F3. The molecular weight excluding hydrogens is 189 g/mol. The molecule has 0 radical (unpaired) electrons. The first-order valence-corrected chi connectivity index (χ1v) is 4.63. The van der Waals surface area contributed by atoms with Crippen LogP contribution in [-0.4, -0.2) is 0 Å². The van der Waals surface area contributed by atoms with Crippen molar-refractivity contribution in [3.05, 3.63) is 35.4 Å². The zero-order valence-corrected chi connectivity index (χ0v) is 8.23. The molecule has 1 aromatic rings. The van der Waals surface area contributed by atoms with Crippen molar-refractivity contribution in [3.63, 3.8) is 0 Å². The van der Waals surface area contributed by atoms with Crippen molar-refractivity contribution in [1.82, 2.24) is 0 Å². The standard InChI is InChI=1S/C11H13F3/c1-3-8(2)9-6-4-5-7-10(9)11(12,13)14/h4-8H,3H2,1-2H3/t8-/m0/s1. The van der Waals surface area contributed by atoms with E-state index in [0.29, 0.717) is 12.0 Å². The lowest BCUT2D eigenvalue weighted by Gasteiger charge is -2.16. The van der Waals surface area contributed by atoms with Gasteiger partial charge < -0.3 is 0 Å². The highest BCUT2D eigenvalue weighted by Gasteiger charge is 2.33. The van der Waals surface area contributed by atoms with Gasteiger partial charge in [0.05, 0.1) is 5.56 Å². The van der Waals surface area contributed by atoms with E-state index in [9.17, 15) is 13.2 Å². The lowest BCUT2D eigenvalue weighted by molar-refractivity contribution is -0.138. The van der Waals surface area contributed by atoms with Crippen LogP contribution in [-0.2, 0) is 6.18 Å². The van der Waals surface area contributed by atoms with E-state index in [-0.39, 0.29) is 5.92 Å². The molecule has 1 aromatic carbocycles. The molecule has 0 saturated carbocycles. The molecule has 14 heavy (non-hydrogen) atoms. The maximum absolute atomic E-state index is 12.5. The molecule has 0 spiro atoms. The van der Waals surface area contributed by atoms with Crippen LogP contribution in [0, 0.1) is 0 Å². The molecule has 0 aromatic heterocycles. The predicted octanol–water partition coefficient (Wildman–Crippen LogP) is 4.22. The van der Waals surface area contributed by atoms with Gasteiger partial charge in [-0.3, -0.25) is 0 Å². The Kier molecular flexibility index (Phi) is 3.19. The predicted molar refractivity (Wildman–Crippen MR) is 50.2 cm³/mol. The zero-order valence-electron chi connectivity index (χ0n) is 8.23. The van der Waals surface area contributed by atoms with Crippen molar-refractivity contribution in [1.29, 1.82) is 0 Å². The molecule has 0 aliphatic rings. The Balaban J connectivity index is 3.16. The fourth-order valence-corrected chi connectivity index (χ4v) is 1.40. The highest BCUT2D eigenvalue weighted by Crippen LogP contribution is 2.35. The quantitative estimate of drug-likeness (QED) is 0.673. The second-order valence-corrected chi connectivity index (χ2v) is 3.39. The molecule has 1 rings (SSSR count). The van der Waals surface area contributed by atoms with Gasteiger partial charge >= 0.3 is 6.18 Å². The van der Waals surface area contributed by atoms with Gasteiger partial charge in [0.1, 0.15) is 0 Å². The Morgan fingerprint density at radius 1 is 1.21 bits per heavy atom. The van der Waals surface area contributed by atoms with Crippen LogP contribution >= 0.6 is 0 Å². The number of alkyl halides is 3. The average Bonchev–Trinajstić information content (AvgIpc) is 2.15. The fraction of sp³-hybridized carbons (Fsp3) is 0.455. The molecule has 0 heterocycles. The summed E-state index contributed by atoms with van der Waals surface area (Å²) in [5, 5.41) is 0. The summed E-state index contributed by atoms with van der Waals surface area (Å²) in [5.41, 5.74) is -0.114. The van der Waals surface area contributed by atoms with Crippen LogP contribution < -0.4 is 0 Å². The van der Waals surface area contributed by atoms with Gasteiger partial charge in [-0.05, 0) is 24.0 Å². The van der Waals surface area contributed by atoms with E-state index in [1.165, 1.54) is 6.07 Å². The maximum atomic E-state index is 12.5. The maximum Gasteiger partial charge on any atom is 0.416 e. The van der Waals surface area contributed by atoms with Gasteiger partial charge in [0.25, 0.3) is 0 Å². The van der Waals surface area contributed by atoms with Crippen molar-refractivity contribution >= 4 is 0 Å². The molecule has 0 nitrogen and oxygen atoms in total. The van der Waals surface area contributed by atoms with E-state index < -0.39 is 11.7 Å². The SMILES string of the molecule is CC[C@H](C)c1ccccc1C(F)(F)F. The van der Waals surface area contributed by atoms with Crippen molar-refractivity contribution in [2.75, 3.05) is 0 Å². The third kappa shape index (κ3) is 2.28. The lowest BCUT2D eigenvalue weighted by Crippen LogP contribution is -2.10. The topological polar surface area (TPSA) is 0 Å². The van der Waals surface area contributed by atoms with Crippen LogP contribution in [0.15, 0.2) is 24.3 Å². The average molecular weight is 202 g/mol. The summed E-state index contributed by atoms with van der Waals surface area (Å²) in [4.78, 5) is 0. The fourth-order valence-electron chi connectivity index (χ4n) is 1.40. The van der Waals surface area contributed by atoms with Gasteiger partial charge in [0.15, 0.2) is 0 Å². The summed E-state index contributed by atoms with van der Waals surface area (Å²) in [6.07, 6.45) is -3.52. The summed E-state index contributed by atoms with van der Waals surface area (Å²) in [6.45, 7) is 3.70. The molecule has 0 N–H and O–H groups in total. The molecule has 0 fully saturated rings. The second kappa shape index (κ2) is 4.03. The third-order valence-electron chi connectivity index (χ3n) is 2.41. The molecule has 0 unspecified atom stereocenters. The minimum absolute atomic E-state index is 0.0483. The van der Waals surface area contributed by atoms with Crippen molar-refractivity contribution in [2.45, 2.75) is 32.4 Å². The van der Waals surface area contributed by atoms with Crippen LogP contribution in [0.5, 0.6) is 0 Å². The number of hydrogen-bond donors (Lipinski definition) is 0. The lowest BCUT2D eigenvalue weighted by atomic mass is 9.93. The monoisotopic (exact) mass is 202 g/mol. The Morgan fingerprint density at radius 3 is 2.29 bits per heavy atom. The summed E-state index contributed by atoms with van der Waals surface area (Å²) in [6, 6.07) is 5.77. The highest BCUT2D eigenvalue weighted by molar-refractivity contribution is 5.32. The first-order chi connectivity index (χ1) is 6.46. The van der Waals surface area contributed by atoms with Crippen molar-refractivity contribution < 1.29 is 13.2 Å². The molecule has 0 aliphatic carbocycles. The Bertz CT molecular complexity index is 302. The van der Waals surface area contributed by atoms with Crippen LogP contribution in [0.2, 0.25) is 0 Å². The van der Waals surface area contributed by atoms with E-state index in [2.05, 4.69) is 0 Å². The molecule has 0 bridgehead atoms. The van der Waals surface area contributed by atoms with E-state index >= 15 is 0 Å². The summed E-state index contributed by atoms with van der Waals surface area (Å²) in [7, 11) is 0. The van der Waals surface area contributed by atoms with Crippen LogP contribution in [0.3, 0.4) is 0 Å². The first-order valence-electron chi connectivity index (χ1n) is 4.63. The summed E-state index contributed by atoms with van der Waals surface area (Å²) in [5.74, 6) is -0.0483. The van der Waals surface area contributed by atoms with Gasteiger partial charge in [-0.15, -0.1) is 0 Å².